The van der Waals surface area contributed by atoms with Crippen molar-refractivity contribution in [3.05, 3.63) is 0 Å². The molecule has 1 atom stereocenters. The Morgan fingerprint density at radius 1 is 1.29 bits per heavy atom. The third kappa shape index (κ3) is 3.08. The van der Waals surface area contributed by atoms with E-state index in [2.05, 4.69) is 4.90 Å². The van der Waals surface area contributed by atoms with Crippen molar-refractivity contribution in [3.8, 4) is 0 Å². The lowest BCUT2D eigenvalue weighted by molar-refractivity contribution is -0.117. The van der Waals surface area contributed by atoms with Crippen molar-refractivity contribution >= 4 is 6.29 Å². The second kappa shape index (κ2) is 5.96. The quantitative estimate of drug-likeness (QED) is 0.721. The van der Waals surface area contributed by atoms with E-state index < -0.39 is 0 Å². The molecule has 1 N–H and O–H groups in total. The number of nitrogens with zero attached hydrogens (tertiary/aromatic N) is 1. The Labute approximate surface area is 104 Å². The summed E-state index contributed by atoms with van der Waals surface area (Å²) in [5.74, 6) is 0. The zero-order chi connectivity index (χ0) is 12.1. The van der Waals surface area contributed by atoms with Crippen molar-refractivity contribution in [3.63, 3.8) is 0 Å². The van der Waals surface area contributed by atoms with Gasteiger partial charge in [-0.15, -0.1) is 0 Å². The van der Waals surface area contributed by atoms with Crippen LogP contribution in [-0.4, -0.2) is 42.0 Å². The highest BCUT2D eigenvalue weighted by Gasteiger charge is 2.38. The zero-order valence-corrected chi connectivity index (χ0v) is 10.7. The Morgan fingerprint density at radius 2 is 2.06 bits per heavy atom. The lowest BCUT2D eigenvalue weighted by Crippen LogP contribution is -2.40. The van der Waals surface area contributed by atoms with Crippen molar-refractivity contribution < 1.29 is 9.90 Å². The molecule has 1 aliphatic carbocycles. The van der Waals surface area contributed by atoms with Crippen LogP contribution >= 0.6 is 0 Å². The summed E-state index contributed by atoms with van der Waals surface area (Å²) in [6.45, 7) is 2.40. The molecule has 2 fully saturated rings. The van der Waals surface area contributed by atoms with Crippen LogP contribution in [0.25, 0.3) is 0 Å². The van der Waals surface area contributed by atoms with E-state index in [1.807, 2.05) is 0 Å². The summed E-state index contributed by atoms with van der Waals surface area (Å²) in [5.41, 5.74) is -0.0399. The minimum Gasteiger partial charge on any atom is -0.396 e. The summed E-state index contributed by atoms with van der Waals surface area (Å²) in [4.78, 5) is 13.9. The molecular weight excluding hydrogens is 214 g/mol. The molecule has 1 unspecified atom stereocenters. The molecule has 0 amide bonds. The van der Waals surface area contributed by atoms with E-state index in [1.54, 1.807) is 0 Å². The highest BCUT2D eigenvalue weighted by atomic mass is 16.2. The van der Waals surface area contributed by atoms with Gasteiger partial charge in [0.05, 0.1) is 0 Å². The second-order valence-electron chi connectivity index (χ2n) is 5.82. The van der Waals surface area contributed by atoms with Crippen LogP contribution < -0.4 is 0 Å². The summed E-state index contributed by atoms with van der Waals surface area (Å²) in [5, 5.41) is 8.92. The minimum atomic E-state index is -0.0399. The third-order valence-electron chi connectivity index (χ3n) is 4.56. The normalized spacial score (nSPS) is 28.6. The predicted molar refractivity (Wildman–Crippen MR) is 67.9 cm³/mol. The van der Waals surface area contributed by atoms with E-state index in [-0.39, 0.29) is 5.41 Å². The van der Waals surface area contributed by atoms with Crippen LogP contribution in [0.4, 0.5) is 0 Å². The topological polar surface area (TPSA) is 40.5 Å². The van der Waals surface area contributed by atoms with Gasteiger partial charge in [-0.05, 0) is 45.1 Å². The zero-order valence-electron chi connectivity index (χ0n) is 10.7. The standard InChI is InChI=1S/C14H25NO2/c16-10-4-6-13-5-3-9-15(13)11-14(12-17)7-1-2-8-14/h12-13,16H,1-11H2. The highest BCUT2D eigenvalue weighted by Crippen LogP contribution is 2.38. The van der Waals surface area contributed by atoms with E-state index in [9.17, 15) is 4.79 Å². The number of carbonyl (C=O) groups is 1. The van der Waals surface area contributed by atoms with Crippen molar-refractivity contribution in [1.82, 2.24) is 4.90 Å². The van der Waals surface area contributed by atoms with Crippen LogP contribution in [0, 0.1) is 5.41 Å². The van der Waals surface area contributed by atoms with E-state index >= 15 is 0 Å². The lowest BCUT2D eigenvalue weighted by atomic mass is 9.87. The van der Waals surface area contributed by atoms with Crippen molar-refractivity contribution in [2.75, 3.05) is 19.7 Å². The summed E-state index contributed by atoms with van der Waals surface area (Å²) in [6.07, 6.45) is 10.3. The fraction of sp³-hybridized carbons (Fsp3) is 0.929. The van der Waals surface area contributed by atoms with Gasteiger partial charge in [0.1, 0.15) is 6.29 Å². The SMILES string of the molecule is O=CC1(CN2CCCC2CCCO)CCCC1. The van der Waals surface area contributed by atoms with Gasteiger partial charge in [-0.25, -0.2) is 0 Å². The van der Waals surface area contributed by atoms with Crippen LogP contribution in [0.2, 0.25) is 0 Å². The Morgan fingerprint density at radius 3 is 2.71 bits per heavy atom. The predicted octanol–water partition coefficient (Wildman–Crippen LogP) is 1.98. The fourth-order valence-corrected chi connectivity index (χ4v) is 3.55. The number of hydrogen-bond acceptors (Lipinski definition) is 3. The van der Waals surface area contributed by atoms with Crippen LogP contribution in [0.1, 0.15) is 51.4 Å². The maximum atomic E-state index is 11.4. The van der Waals surface area contributed by atoms with Gasteiger partial charge >= 0.3 is 0 Å². The number of rotatable bonds is 6. The maximum absolute atomic E-state index is 11.4. The lowest BCUT2D eigenvalue weighted by Gasteiger charge is -2.32. The van der Waals surface area contributed by atoms with Crippen molar-refractivity contribution in [2.45, 2.75) is 57.4 Å². The first-order chi connectivity index (χ1) is 8.29. The average molecular weight is 239 g/mol. The van der Waals surface area contributed by atoms with Crippen LogP contribution in [-0.2, 0) is 4.79 Å². The van der Waals surface area contributed by atoms with E-state index in [4.69, 9.17) is 5.11 Å². The number of likely N-dealkylation sites (tertiary alicyclic amines) is 1. The van der Waals surface area contributed by atoms with Gasteiger partial charge in [0, 0.05) is 24.6 Å². The van der Waals surface area contributed by atoms with Gasteiger partial charge < -0.3 is 9.90 Å². The molecule has 1 saturated heterocycles. The average Bonchev–Trinajstić information content (AvgIpc) is 2.97. The molecule has 0 aromatic heterocycles. The largest absolute Gasteiger partial charge is 0.396 e. The second-order valence-corrected chi connectivity index (χ2v) is 5.82. The van der Waals surface area contributed by atoms with E-state index in [0.717, 1.165) is 38.8 Å². The summed E-state index contributed by atoms with van der Waals surface area (Å²) in [6, 6.07) is 0.611. The van der Waals surface area contributed by atoms with Crippen molar-refractivity contribution in [1.29, 1.82) is 0 Å². The molecule has 0 aromatic carbocycles. The molecule has 1 saturated carbocycles. The third-order valence-corrected chi connectivity index (χ3v) is 4.56. The molecule has 1 aliphatic heterocycles. The molecule has 0 bridgehead atoms. The molecular formula is C14H25NO2. The van der Waals surface area contributed by atoms with Crippen LogP contribution in [0.5, 0.6) is 0 Å². The van der Waals surface area contributed by atoms with E-state index in [1.165, 1.54) is 32.0 Å². The Bertz CT molecular complexity index is 249. The van der Waals surface area contributed by atoms with Crippen LogP contribution in [0.3, 0.4) is 0 Å². The van der Waals surface area contributed by atoms with Gasteiger partial charge in [0.25, 0.3) is 0 Å². The fourth-order valence-electron chi connectivity index (χ4n) is 3.55. The van der Waals surface area contributed by atoms with Gasteiger partial charge in [-0.3, -0.25) is 4.90 Å². The Hall–Kier alpha value is -0.410. The van der Waals surface area contributed by atoms with Crippen LogP contribution in [0.15, 0.2) is 0 Å². The molecule has 98 valence electrons. The molecule has 2 aliphatic rings. The molecule has 3 heteroatoms. The first kappa shape index (κ1) is 13.0. The van der Waals surface area contributed by atoms with E-state index in [0.29, 0.717) is 12.6 Å². The summed E-state index contributed by atoms with van der Waals surface area (Å²) < 4.78 is 0. The summed E-state index contributed by atoms with van der Waals surface area (Å²) >= 11 is 0. The number of aliphatic hydroxyl groups excluding tert-OH is 1. The molecule has 0 spiro atoms. The number of aliphatic hydroxyl groups is 1. The molecule has 2 rings (SSSR count). The molecule has 3 nitrogen and oxygen atoms in total. The Balaban J connectivity index is 1.89. The smallest absolute Gasteiger partial charge is 0.127 e. The van der Waals surface area contributed by atoms with Gasteiger partial charge in [0.15, 0.2) is 0 Å². The molecule has 0 radical (unpaired) electrons. The van der Waals surface area contributed by atoms with Gasteiger partial charge in [-0.2, -0.15) is 0 Å². The van der Waals surface area contributed by atoms with Gasteiger partial charge in [-0.1, -0.05) is 12.8 Å². The first-order valence-corrected chi connectivity index (χ1v) is 7.11. The van der Waals surface area contributed by atoms with Gasteiger partial charge in [0.2, 0.25) is 0 Å². The minimum absolute atomic E-state index is 0.0399. The summed E-state index contributed by atoms with van der Waals surface area (Å²) in [7, 11) is 0. The highest BCUT2D eigenvalue weighted by molar-refractivity contribution is 5.60. The number of carbonyl (C=O) groups excluding carboxylic acids is 1. The first-order valence-electron chi connectivity index (χ1n) is 7.11. The van der Waals surface area contributed by atoms with Crippen molar-refractivity contribution in [2.24, 2.45) is 5.41 Å². The monoisotopic (exact) mass is 239 g/mol. The number of hydrogen-bond donors (Lipinski definition) is 1. The molecule has 17 heavy (non-hydrogen) atoms. The number of aldehydes is 1. The maximum Gasteiger partial charge on any atom is 0.127 e. The molecule has 0 aromatic rings. The Kier molecular flexibility index (Phi) is 4.57. The molecule has 1 heterocycles.